The first-order valence-corrected chi connectivity index (χ1v) is 30.7. The van der Waals surface area contributed by atoms with Gasteiger partial charge in [-0.15, -0.1) is 0 Å². The lowest BCUT2D eigenvalue weighted by Crippen LogP contribution is -2.30. The Morgan fingerprint density at radius 2 is 0.485 bits per heavy atom. The van der Waals surface area contributed by atoms with Gasteiger partial charge in [-0.1, -0.05) is 296 Å². The van der Waals surface area contributed by atoms with Gasteiger partial charge in [0.05, 0.1) is 0 Å². The summed E-state index contributed by atoms with van der Waals surface area (Å²) in [6.07, 6.45) is 66.4. The van der Waals surface area contributed by atoms with E-state index in [0.717, 1.165) is 57.8 Å². The minimum atomic E-state index is -0.766. The molecule has 0 bridgehead atoms. The van der Waals surface area contributed by atoms with E-state index in [2.05, 4.69) is 32.9 Å². The third kappa shape index (κ3) is 55.1. The molecule has 68 heavy (non-hydrogen) atoms. The Labute approximate surface area is 424 Å². The van der Waals surface area contributed by atoms with Gasteiger partial charge in [-0.05, 0) is 44.9 Å². The number of esters is 3. The van der Waals surface area contributed by atoms with Crippen LogP contribution in [0.5, 0.6) is 0 Å². The molecule has 0 heterocycles. The van der Waals surface area contributed by atoms with E-state index in [1.165, 1.54) is 250 Å². The van der Waals surface area contributed by atoms with Crippen LogP contribution in [-0.2, 0) is 28.6 Å². The topological polar surface area (TPSA) is 78.9 Å². The molecule has 1 atom stereocenters. The van der Waals surface area contributed by atoms with Crippen LogP contribution < -0.4 is 0 Å². The van der Waals surface area contributed by atoms with Crippen molar-refractivity contribution in [2.45, 2.75) is 354 Å². The minimum Gasteiger partial charge on any atom is -0.462 e. The third-order valence-corrected chi connectivity index (χ3v) is 14.0. The van der Waals surface area contributed by atoms with Crippen molar-refractivity contribution in [1.82, 2.24) is 0 Å². The summed E-state index contributed by atoms with van der Waals surface area (Å²) in [4.78, 5) is 38.2. The van der Waals surface area contributed by atoms with E-state index >= 15 is 0 Å². The van der Waals surface area contributed by atoms with Crippen LogP contribution in [-0.4, -0.2) is 37.2 Å². The van der Waals surface area contributed by atoms with Crippen molar-refractivity contribution in [3.05, 3.63) is 12.2 Å². The maximum Gasteiger partial charge on any atom is 0.306 e. The average Bonchev–Trinajstić information content (AvgIpc) is 3.34. The number of hydrogen-bond acceptors (Lipinski definition) is 6. The van der Waals surface area contributed by atoms with E-state index in [-0.39, 0.29) is 31.1 Å². The van der Waals surface area contributed by atoms with Crippen molar-refractivity contribution in [2.24, 2.45) is 0 Å². The maximum absolute atomic E-state index is 12.9. The van der Waals surface area contributed by atoms with Gasteiger partial charge in [0.1, 0.15) is 13.2 Å². The quantitative estimate of drug-likeness (QED) is 0.0262. The van der Waals surface area contributed by atoms with Crippen LogP contribution in [0.2, 0.25) is 0 Å². The summed E-state index contributed by atoms with van der Waals surface area (Å²) in [5.41, 5.74) is 0. The van der Waals surface area contributed by atoms with Crippen molar-refractivity contribution < 1.29 is 28.6 Å². The molecule has 0 fully saturated rings. The molecule has 1 unspecified atom stereocenters. The molecule has 0 radical (unpaired) electrons. The lowest BCUT2D eigenvalue weighted by atomic mass is 10.0. The Morgan fingerprint density at radius 1 is 0.279 bits per heavy atom. The van der Waals surface area contributed by atoms with Gasteiger partial charge in [-0.2, -0.15) is 0 Å². The molecule has 0 aliphatic heterocycles. The van der Waals surface area contributed by atoms with Gasteiger partial charge in [0.25, 0.3) is 0 Å². The number of hydrogen-bond donors (Lipinski definition) is 0. The SMILES string of the molecule is CCCCCCCCCC/C=C\CCCCCCCCCC(=O)OCC(COC(=O)CCCCCCCCCCCCCC)OC(=O)CCCCCCCCCCCCCCCCCCCCC. The molecular formula is C62H118O6. The average molecular weight is 960 g/mol. The largest absolute Gasteiger partial charge is 0.462 e. The molecule has 0 saturated carbocycles. The molecule has 0 aromatic heterocycles. The van der Waals surface area contributed by atoms with E-state index < -0.39 is 6.10 Å². The number of ether oxygens (including phenoxy) is 3. The Bertz CT molecular complexity index is 1060. The van der Waals surface area contributed by atoms with Crippen LogP contribution >= 0.6 is 0 Å². The molecule has 6 nitrogen and oxygen atoms in total. The van der Waals surface area contributed by atoms with E-state index in [4.69, 9.17) is 14.2 Å². The van der Waals surface area contributed by atoms with Crippen LogP contribution in [0.25, 0.3) is 0 Å². The monoisotopic (exact) mass is 959 g/mol. The Morgan fingerprint density at radius 3 is 0.735 bits per heavy atom. The first kappa shape index (κ1) is 66.2. The predicted molar refractivity (Wildman–Crippen MR) is 293 cm³/mol. The predicted octanol–water partition coefficient (Wildman–Crippen LogP) is 20.5. The summed E-state index contributed by atoms with van der Waals surface area (Å²) in [5.74, 6) is -0.843. The number of unbranched alkanes of at least 4 members (excludes halogenated alkanes) is 44. The number of carbonyl (C=O) groups is 3. The van der Waals surface area contributed by atoms with Crippen molar-refractivity contribution in [1.29, 1.82) is 0 Å². The second-order valence-electron chi connectivity index (χ2n) is 21.0. The molecule has 0 aromatic rings. The Balaban J connectivity index is 4.27. The molecular weight excluding hydrogens is 841 g/mol. The van der Waals surface area contributed by atoms with Crippen LogP contribution in [0.3, 0.4) is 0 Å². The van der Waals surface area contributed by atoms with Crippen LogP contribution in [0.15, 0.2) is 12.2 Å². The first-order chi connectivity index (χ1) is 33.5. The molecule has 0 spiro atoms. The molecule has 0 aliphatic rings. The van der Waals surface area contributed by atoms with Gasteiger partial charge in [0, 0.05) is 19.3 Å². The second-order valence-corrected chi connectivity index (χ2v) is 21.0. The summed E-state index contributed by atoms with van der Waals surface area (Å²) in [6.45, 7) is 6.70. The van der Waals surface area contributed by atoms with E-state index in [9.17, 15) is 14.4 Å². The lowest BCUT2D eigenvalue weighted by molar-refractivity contribution is -0.167. The van der Waals surface area contributed by atoms with Crippen molar-refractivity contribution in [2.75, 3.05) is 13.2 Å². The Hall–Kier alpha value is -1.85. The van der Waals surface area contributed by atoms with Gasteiger partial charge in [0.15, 0.2) is 6.10 Å². The zero-order valence-corrected chi connectivity index (χ0v) is 46.2. The van der Waals surface area contributed by atoms with E-state index in [1.807, 2.05) is 0 Å². The highest BCUT2D eigenvalue weighted by Crippen LogP contribution is 2.18. The number of rotatable bonds is 57. The minimum absolute atomic E-state index is 0.0651. The van der Waals surface area contributed by atoms with Crippen molar-refractivity contribution >= 4 is 17.9 Å². The summed E-state index contributed by atoms with van der Waals surface area (Å²) in [6, 6.07) is 0. The third-order valence-electron chi connectivity index (χ3n) is 14.0. The summed E-state index contributed by atoms with van der Waals surface area (Å²) < 4.78 is 16.9. The van der Waals surface area contributed by atoms with E-state index in [0.29, 0.717) is 19.3 Å². The molecule has 6 heteroatoms. The highest BCUT2D eigenvalue weighted by atomic mass is 16.6. The molecule has 0 rings (SSSR count). The summed E-state index contributed by atoms with van der Waals surface area (Å²) in [5, 5.41) is 0. The number of allylic oxidation sites excluding steroid dienone is 2. The molecule has 0 N–H and O–H groups in total. The van der Waals surface area contributed by atoms with Crippen molar-refractivity contribution in [3.8, 4) is 0 Å². The maximum atomic E-state index is 12.9. The van der Waals surface area contributed by atoms with Gasteiger partial charge < -0.3 is 14.2 Å². The fraction of sp³-hybridized carbons (Fsp3) is 0.919. The van der Waals surface area contributed by atoms with Gasteiger partial charge in [0.2, 0.25) is 0 Å². The molecule has 0 aliphatic carbocycles. The van der Waals surface area contributed by atoms with Gasteiger partial charge in [-0.3, -0.25) is 14.4 Å². The molecule has 0 saturated heterocycles. The second kappa shape index (κ2) is 57.7. The normalized spacial score (nSPS) is 12.0. The molecule has 0 aromatic carbocycles. The van der Waals surface area contributed by atoms with Crippen LogP contribution in [0.1, 0.15) is 348 Å². The fourth-order valence-corrected chi connectivity index (χ4v) is 9.38. The van der Waals surface area contributed by atoms with Gasteiger partial charge in [-0.25, -0.2) is 0 Å². The van der Waals surface area contributed by atoms with Crippen LogP contribution in [0, 0.1) is 0 Å². The zero-order valence-electron chi connectivity index (χ0n) is 46.2. The molecule has 402 valence electrons. The first-order valence-electron chi connectivity index (χ1n) is 30.7. The van der Waals surface area contributed by atoms with Crippen molar-refractivity contribution in [3.63, 3.8) is 0 Å². The summed E-state index contributed by atoms with van der Waals surface area (Å²) >= 11 is 0. The molecule has 0 amide bonds. The van der Waals surface area contributed by atoms with E-state index in [1.54, 1.807) is 0 Å². The highest BCUT2D eigenvalue weighted by molar-refractivity contribution is 5.71. The van der Waals surface area contributed by atoms with Gasteiger partial charge >= 0.3 is 17.9 Å². The zero-order chi connectivity index (χ0) is 49.3. The lowest BCUT2D eigenvalue weighted by Gasteiger charge is -2.18. The highest BCUT2D eigenvalue weighted by Gasteiger charge is 2.19. The smallest absolute Gasteiger partial charge is 0.306 e. The van der Waals surface area contributed by atoms with Crippen LogP contribution in [0.4, 0.5) is 0 Å². The fourth-order valence-electron chi connectivity index (χ4n) is 9.38. The summed E-state index contributed by atoms with van der Waals surface area (Å²) in [7, 11) is 0. The Kier molecular flexibility index (Phi) is 56.2. The standard InChI is InChI=1S/C62H118O6/c1-4-7-10-13-16-19-22-25-27-29-31-33-35-37-40-43-46-49-52-55-61(64)67-58-59(57-66-60(63)54-51-48-45-42-39-24-21-18-15-12-9-6-3)68-62(65)56-53-50-47-44-41-38-36-34-32-30-28-26-23-20-17-14-11-8-5-2/h29,31,59H,4-28,30,32-58H2,1-3H3/b31-29-. The number of carbonyl (C=O) groups excluding carboxylic acids is 3.